The summed E-state index contributed by atoms with van der Waals surface area (Å²) < 4.78 is 5.10. The van der Waals surface area contributed by atoms with Crippen molar-refractivity contribution in [3.05, 3.63) is 35.2 Å². The molecular weight excluding hydrogens is 298 g/mol. The summed E-state index contributed by atoms with van der Waals surface area (Å²) in [7, 11) is 1.55. The summed E-state index contributed by atoms with van der Waals surface area (Å²) in [5.74, 6) is -0.139. The van der Waals surface area contributed by atoms with Crippen LogP contribution in [-0.2, 0) is 16.0 Å². The van der Waals surface area contributed by atoms with Crippen molar-refractivity contribution >= 4 is 22.4 Å². The minimum Gasteiger partial charge on any atom is -0.380 e. The lowest BCUT2D eigenvalue weighted by molar-refractivity contribution is -0.118. The number of aryl methyl sites for hydroxylation is 1. The molecular formula is C16H21N3O2S. The molecule has 0 aliphatic rings. The van der Waals surface area contributed by atoms with Crippen LogP contribution in [0.25, 0.3) is 11.3 Å². The first-order valence-electron chi connectivity index (χ1n) is 7.23. The SMILES string of the molecule is CCc1ccc(-c2csc(NC(=O)CC(CN)OC)n2)cc1. The molecule has 0 fully saturated rings. The average Bonchev–Trinajstić information content (AvgIpc) is 3.01. The molecule has 22 heavy (non-hydrogen) atoms. The third-order valence-electron chi connectivity index (χ3n) is 3.42. The first-order chi connectivity index (χ1) is 10.7. The Bertz CT molecular complexity index is 606. The molecule has 1 unspecified atom stereocenters. The highest BCUT2D eigenvalue weighted by atomic mass is 32.1. The Kier molecular flexibility index (Phi) is 6.06. The molecule has 0 spiro atoms. The van der Waals surface area contributed by atoms with Crippen LogP contribution in [0, 0.1) is 0 Å². The van der Waals surface area contributed by atoms with E-state index >= 15 is 0 Å². The molecule has 0 aliphatic heterocycles. The molecule has 2 rings (SSSR count). The second-order valence-corrected chi connectivity index (χ2v) is 5.79. The summed E-state index contributed by atoms with van der Waals surface area (Å²) in [4.78, 5) is 16.3. The number of thiazole rings is 1. The highest BCUT2D eigenvalue weighted by Crippen LogP contribution is 2.25. The van der Waals surface area contributed by atoms with E-state index in [1.54, 1.807) is 7.11 Å². The summed E-state index contributed by atoms with van der Waals surface area (Å²) in [6.45, 7) is 2.44. The third kappa shape index (κ3) is 4.37. The van der Waals surface area contributed by atoms with Gasteiger partial charge in [-0.1, -0.05) is 31.2 Å². The van der Waals surface area contributed by atoms with Gasteiger partial charge in [-0.25, -0.2) is 4.98 Å². The fourth-order valence-electron chi connectivity index (χ4n) is 2.01. The van der Waals surface area contributed by atoms with Gasteiger partial charge >= 0.3 is 0 Å². The van der Waals surface area contributed by atoms with E-state index in [-0.39, 0.29) is 18.4 Å². The van der Waals surface area contributed by atoms with Gasteiger partial charge in [0.25, 0.3) is 0 Å². The fourth-order valence-corrected chi connectivity index (χ4v) is 2.75. The van der Waals surface area contributed by atoms with Gasteiger partial charge in [-0.3, -0.25) is 4.79 Å². The number of methoxy groups -OCH3 is 1. The van der Waals surface area contributed by atoms with Crippen molar-refractivity contribution < 1.29 is 9.53 Å². The van der Waals surface area contributed by atoms with Gasteiger partial charge in [0.05, 0.1) is 18.2 Å². The first kappa shape index (κ1) is 16.6. The van der Waals surface area contributed by atoms with Crippen molar-refractivity contribution in [1.29, 1.82) is 0 Å². The summed E-state index contributed by atoms with van der Waals surface area (Å²) in [6, 6.07) is 8.29. The van der Waals surface area contributed by atoms with Gasteiger partial charge in [-0.15, -0.1) is 11.3 Å². The predicted octanol–water partition coefficient (Wildman–Crippen LogP) is 2.67. The molecule has 1 atom stereocenters. The van der Waals surface area contributed by atoms with E-state index in [1.807, 2.05) is 5.38 Å². The van der Waals surface area contributed by atoms with E-state index in [2.05, 4.69) is 41.5 Å². The number of carbonyl (C=O) groups excluding carboxylic acids is 1. The smallest absolute Gasteiger partial charge is 0.228 e. The van der Waals surface area contributed by atoms with Crippen LogP contribution in [0.1, 0.15) is 18.9 Å². The largest absolute Gasteiger partial charge is 0.380 e. The minimum atomic E-state index is -0.263. The molecule has 1 amide bonds. The highest BCUT2D eigenvalue weighted by molar-refractivity contribution is 7.14. The summed E-state index contributed by atoms with van der Waals surface area (Å²) in [5.41, 5.74) is 8.71. The number of ether oxygens (including phenoxy) is 1. The number of amides is 1. The molecule has 3 N–H and O–H groups in total. The van der Waals surface area contributed by atoms with E-state index in [9.17, 15) is 4.79 Å². The Labute approximate surface area is 134 Å². The van der Waals surface area contributed by atoms with Crippen molar-refractivity contribution in [2.75, 3.05) is 19.0 Å². The first-order valence-corrected chi connectivity index (χ1v) is 8.11. The van der Waals surface area contributed by atoms with Crippen LogP contribution in [0.4, 0.5) is 5.13 Å². The van der Waals surface area contributed by atoms with Crippen LogP contribution < -0.4 is 11.1 Å². The number of rotatable bonds is 7. The summed E-state index contributed by atoms with van der Waals surface area (Å²) in [5, 5.41) is 5.31. The normalized spacial score (nSPS) is 12.1. The maximum atomic E-state index is 11.9. The van der Waals surface area contributed by atoms with Crippen molar-refractivity contribution in [2.24, 2.45) is 5.73 Å². The molecule has 6 heteroatoms. The molecule has 0 aliphatic carbocycles. The van der Waals surface area contributed by atoms with Gasteiger partial charge in [0.15, 0.2) is 5.13 Å². The molecule has 1 aromatic heterocycles. The van der Waals surface area contributed by atoms with E-state index in [0.717, 1.165) is 17.7 Å². The molecule has 2 aromatic rings. The topological polar surface area (TPSA) is 77.2 Å². The highest BCUT2D eigenvalue weighted by Gasteiger charge is 2.13. The van der Waals surface area contributed by atoms with Crippen LogP contribution in [0.3, 0.4) is 0 Å². The van der Waals surface area contributed by atoms with Gasteiger partial charge in [0.1, 0.15) is 0 Å². The van der Waals surface area contributed by atoms with Crippen LogP contribution in [0.5, 0.6) is 0 Å². The summed E-state index contributed by atoms with van der Waals surface area (Å²) >= 11 is 1.41. The van der Waals surface area contributed by atoms with Crippen molar-refractivity contribution in [2.45, 2.75) is 25.9 Å². The quantitative estimate of drug-likeness (QED) is 0.822. The Morgan fingerprint density at radius 3 is 2.73 bits per heavy atom. The maximum Gasteiger partial charge on any atom is 0.228 e. The molecule has 0 saturated heterocycles. The molecule has 1 aromatic carbocycles. The summed E-state index contributed by atoms with van der Waals surface area (Å²) in [6.07, 6.45) is 0.981. The number of hydrogen-bond acceptors (Lipinski definition) is 5. The second kappa shape index (κ2) is 8.03. The van der Waals surface area contributed by atoms with Gasteiger partial charge < -0.3 is 15.8 Å². The fraction of sp³-hybridized carbons (Fsp3) is 0.375. The van der Waals surface area contributed by atoms with E-state index < -0.39 is 0 Å². The Morgan fingerprint density at radius 2 is 2.14 bits per heavy atom. The van der Waals surface area contributed by atoms with Crippen molar-refractivity contribution in [1.82, 2.24) is 4.98 Å². The van der Waals surface area contributed by atoms with Gasteiger partial charge in [-0.2, -0.15) is 0 Å². The van der Waals surface area contributed by atoms with Crippen molar-refractivity contribution in [3.63, 3.8) is 0 Å². The van der Waals surface area contributed by atoms with Crippen LogP contribution in [0.15, 0.2) is 29.6 Å². The lowest BCUT2D eigenvalue weighted by atomic mass is 10.1. The molecule has 118 valence electrons. The Hall–Kier alpha value is -1.76. The minimum absolute atomic E-state index is 0.139. The van der Waals surface area contributed by atoms with Gasteiger partial charge in [-0.05, 0) is 12.0 Å². The molecule has 0 bridgehead atoms. The number of carbonyl (C=O) groups is 1. The zero-order chi connectivity index (χ0) is 15.9. The van der Waals surface area contributed by atoms with Crippen LogP contribution in [0.2, 0.25) is 0 Å². The van der Waals surface area contributed by atoms with Crippen LogP contribution >= 0.6 is 11.3 Å². The van der Waals surface area contributed by atoms with E-state index in [0.29, 0.717) is 11.7 Å². The molecule has 1 heterocycles. The standard InChI is InChI=1S/C16H21N3O2S/c1-3-11-4-6-12(7-5-11)14-10-22-16(18-14)19-15(20)8-13(9-17)21-2/h4-7,10,13H,3,8-9,17H2,1-2H3,(H,18,19,20). The zero-order valence-corrected chi connectivity index (χ0v) is 13.7. The van der Waals surface area contributed by atoms with Gasteiger partial charge in [0.2, 0.25) is 5.91 Å². The molecule has 0 radical (unpaired) electrons. The Morgan fingerprint density at radius 1 is 1.41 bits per heavy atom. The number of anilines is 1. The van der Waals surface area contributed by atoms with Crippen molar-refractivity contribution in [3.8, 4) is 11.3 Å². The lowest BCUT2D eigenvalue weighted by Crippen LogP contribution is -2.28. The Balaban J connectivity index is 2.00. The number of aromatic nitrogens is 1. The number of nitrogens with two attached hydrogens (primary N) is 1. The lowest BCUT2D eigenvalue weighted by Gasteiger charge is -2.11. The third-order valence-corrected chi connectivity index (χ3v) is 4.18. The average molecular weight is 319 g/mol. The monoisotopic (exact) mass is 319 g/mol. The zero-order valence-electron chi connectivity index (χ0n) is 12.8. The number of benzene rings is 1. The van der Waals surface area contributed by atoms with Gasteiger partial charge in [0, 0.05) is 24.6 Å². The van der Waals surface area contributed by atoms with Crippen LogP contribution in [-0.4, -0.2) is 30.6 Å². The molecule has 0 saturated carbocycles. The number of nitrogens with one attached hydrogen (secondary N) is 1. The van der Waals surface area contributed by atoms with E-state index in [1.165, 1.54) is 16.9 Å². The number of nitrogens with zero attached hydrogens (tertiary/aromatic N) is 1. The predicted molar refractivity (Wildman–Crippen MR) is 90.0 cm³/mol. The maximum absolute atomic E-state index is 11.9. The number of hydrogen-bond donors (Lipinski definition) is 2. The van der Waals surface area contributed by atoms with E-state index in [4.69, 9.17) is 10.5 Å². The second-order valence-electron chi connectivity index (χ2n) is 4.93. The molecule has 5 nitrogen and oxygen atoms in total.